The molecule has 2 atom stereocenters. The summed E-state index contributed by atoms with van der Waals surface area (Å²) in [7, 11) is 0. The van der Waals surface area contributed by atoms with Crippen LogP contribution in [0.25, 0.3) is 10.9 Å². The van der Waals surface area contributed by atoms with Gasteiger partial charge in [0, 0.05) is 46.9 Å². The molecule has 1 aliphatic carbocycles. The van der Waals surface area contributed by atoms with Gasteiger partial charge in [0.2, 0.25) is 0 Å². The lowest BCUT2D eigenvalue weighted by atomic mass is 9.87. The number of H-pyrrole nitrogens is 1. The van der Waals surface area contributed by atoms with E-state index in [0.29, 0.717) is 13.0 Å². The number of fused-ring (bicyclic) bond motifs is 3. The molecule has 0 unspecified atom stereocenters. The minimum absolute atomic E-state index is 0.0550. The topological polar surface area (TPSA) is 28.3 Å². The molecule has 6 heteroatoms. The fraction of sp³-hybridized carbons (Fsp3) is 0.500. The van der Waals surface area contributed by atoms with Crippen LogP contribution in [-0.4, -0.2) is 34.7 Å². The zero-order valence-electron chi connectivity index (χ0n) is 22.8. The molecule has 0 amide bonds. The number of hydrogen-bond acceptors (Lipinski definition) is 2. The molecule has 1 fully saturated rings. The van der Waals surface area contributed by atoms with Crippen molar-refractivity contribution in [1.82, 2.24) is 9.88 Å². The first kappa shape index (κ1) is 26.9. The predicted octanol–water partition coefficient (Wildman–Crippen LogP) is 8.58. The third kappa shape index (κ3) is 5.80. The Bertz CT molecular complexity index is 1270. The van der Waals surface area contributed by atoms with E-state index in [1.54, 1.807) is 0 Å². The van der Waals surface area contributed by atoms with Gasteiger partial charge in [-0.15, -0.1) is 0 Å². The van der Waals surface area contributed by atoms with Crippen molar-refractivity contribution in [3.63, 3.8) is 0 Å². The predicted molar refractivity (Wildman–Crippen MR) is 147 cm³/mol. The van der Waals surface area contributed by atoms with Gasteiger partial charge in [0.1, 0.15) is 23.1 Å². The largest absolute Gasteiger partial charge is 0.493 e. The van der Waals surface area contributed by atoms with E-state index in [9.17, 15) is 4.39 Å². The molecular weight excluding hydrogens is 485 g/mol. The molecule has 0 bridgehead atoms. The number of alkyl halides is 1. The maximum Gasteiger partial charge on any atom is 0.135 e. The van der Waals surface area contributed by atoms with Crippen molar-refractivity contribution >= 4 is 10.9 Å². The SMILES string of the molecule is C[C@@H]1Cc2c([nH]c3ccccc23)[C@@H](c2c(F)cc(OCCC=C3CCCCCC3)cc2F)N1CC(C)(C)F. The number of halogens is 3. The number of aromatic amines is 1. The van der Waals surface area contributed by atoms with Gasteiger partial charge in [-0.1, -0.05) is 42.7 Å². The number of allylic oxidation sites excluding steroid dienone is 1. The fourth-order valence-electron chi connectivity index (χ4n) is 6.23. The first-order valence-corrected chi connectivity index (χ1v) is 14.0. The van der Waals surface area contributed by atoms with Gasteiger partial charge < -0.3 is 9.72 Å². The average Bonchev–Trinajstić information content (AvgIpc) is 3.02. The lowest BCUT2D eigenvalue weighted by molar-refractivity contribution is 0.0642. The quantitative estimate of drug-likeness (QED) is 0.190. The normalized spacial score (nSPS) is 20.8. The lowest BCUT2D eigenvalue weighted by Crippen LogP contribution is -2.48. The van der Waals surface area contributed by atoms with Gasteiger partial charge in [0.15, 0.2) is 0 Å². The van der Waals surface area contributed by atoms with Gasteiger partial charge in [0.05, 0.1) is 12.6 Å². The zero-order chi connectivity index (χ0) is 26.9. The second kappa shape index (κ2) is 11.2. The van der Waals surface area contributed by atoms with E-state index in [1.807, 2.05) is 36.1 Å². The molecule has 1 saturated carbocycles. The summed E-state index contributed by atoms with van der Waals surface area (Å²) in [5, 5.41) is 1.04. The van der Waals surface area contributed by atoms with Crippen molar-refractivity contribution < 1.29 is 17.9 Å². The van der Waals surface area contributed by atoms with E-state index in [-0.39, 0.29) is 23.9 Å². The molecule has 1 N–H and O–H groups in total. The van der Waals surface area contributed by atoms with Gasteiger partial charge in [-0.2, -0.15) is 0 Å². The van der Waals surface area contributed by atoms with Crippen LogP contribution in [0.4, 0.5) is 13.2 Å². The van der Waals surface area contributed by atoms with E-state index in [0.717, 1.165) is 41.4 Å². The molecule has 2 aromatic carbocycles. The number of para-hydroxylation sites is 1. The first-order valence-electron chi connectivity index (χ1n) is 14.0. The number of benzene rings is 2. The molecule has 204 valence electrons. The number of nitrogens with zero attached hydrogens (tertiary/aromatic N) is 1. The second-order valence-corrected chi connectivity index (χ2v) is 11.6. The molecule has 0 radical (unpaired) electrons. The summed E-state index contributed by atoms with van der Waals surface area (Å²) in [6.45, 7) is 5.44. The Labute approximate surface area is 224 Å². The van der Waals surface area contributed by atoms with E-state index in [2.05, 4.69) is 11.1 Å². The van der Waals surface area contributed by atoms with Gasteiger partial charge in [-0.05, 0) is 70.9 Å². The monoisotopic (exact) mass is 524 g/mol. The van der Waals surface area contributed by atoms with Crippen LogP contribution in [0.1, 0.15) is 88.6 Å². The zero-order valence-corrected chi connectivity index (χ0v) is 22.8. The summed E-state index contributed by atoms with van der Waals surface area (Å²) in [5.74, 6) is -1.17. The maximum atomic E-state index is 15.8. The Morgan fingerprint density at radius 1 is 1.05 bits per heavy atom. The molecule has 5 rings (SSSR count). The van der Waals surface area contributed by atoms with E-state index >= 15 is 8.78 Å². The average molecular weight is 525 g/mol. The standard InChI is InChI=1S/C32H39F3N2O/c1-21-17-25-24-14-8-9-15-28(24)36-30(25)31(37(21)20-32(2,3)35)29-26(33)18-23(19-27(29)34)38-16-10-13-22-11-6-4-5-7-12-22/h8-9,13-15,18-19,21,31,36H,4-7,10-12,16-17,20H2,1-3H3/t21-,31-/m1/s1. The van der Waals surface area contributed by atoms with Crippen molar-refractivity contribution in [3.8, 4) is 5.75 Å². The number of ether oxygens (including phenoxy) is 1. The molecular formula is C32H39F3N2O. The van der Waals surface area contributed by atoms with Crippen molar-refractivity contribution in [2.75, 3.05) is 13.2 Å². The van der Waals surface area contributed by atoms with Crippen molar-refractivity contribution in [2.45, 2.75) is 89.9 Å². The maximum absolute atomic E-state index is 15.8. The van der Waals surface area contributed by atoms with Crippen LogP contribution in [-0.2, 0) is 6.42 Å². The molecule has 3 aromatic rings. The highest BCUT2D eigenvalue weighted by atomic mass is 19.1. The summed E-state index contributed by atoms with van der Waals surface area (Å²) >= 11 is 0. The van der Waals surface area contributed by atoms with Crippen LogP contribution >= 0.6 is 0 Å². The van der Waals surface area contributed by atoms with Crippen molar-refractivity contribution in [1.29, 1.82) is 0 Å². The van der Waals surface area contributed by atoms with Crippen LogP contribution in [0.3, 0.4) is 0 Å². The Morgan fingerprint density at radius 3 is 2.42 bits per heavy atom. The van der Waals surface area contributed by atoms with Crippen LogP contribution in [0.5, 0.6) is 5.75 Å². The Morgan fingerprint density at radius 2 is 1.74 bits per heavy atom. The molecule has 0 saturated heterocycles. The van der Waals surface area contributed by atoms with Crippen LogP contribution in [0, 0.1) is 11.6 Å². The van der Waals surface area contributed by atoms with Crippen molar-refractivity contribution in [3.05, 3.63) is 76.5 Å². The van der Waals surface area contributed by atoms with Crippen LogP contribution < -0.4 is 4.74 Å². The highest BCUT2D eigenvalue weighted by molar-refractivity contribution is 5.85. The van der Waals surface area contributed by atoms with Crippen LogP contribution in [0.2, 0.25) is 0 Å². The number of nitrogens with one attached hydrogen (secondary N) is 1. The first-order chi connectivity index (χ1) is 18.2. The Hall–Kier alpha value is -2.73. The summed E-state index contributed by atoms with van der Waals surface area (Å²) in [6.07, 6.45) is 10.9. The number of aromatic nitrogens is 1. The van der Waals surface area contributed by atoms with Crippen molar-refractivity contribution in [2.24, 2.45) is 0 Å². The molecule has 38 heavy (non-hydrogen) atoms. The minimum Gasteiger partial charge on any atom is -0.493 e. The Balaban J connectivity index is 1.44. The summed E-state index contributed by atoms with van der Waals surface area (Å²) < 4.78 is 52.2. The van der Waals surface area contributed by atoms with Gasteiger partial charge in [-0.3, -0.25) is 4.90 Å². The van der Waals surface area contributed by atoms with Crippen LogP contribution in [0.15, 0.2) is 48.0 Å². The molecule has 2 heterocycles. The summed E-state index contributed by atoms with van der Waals surface area (Å²) in [4.78, 5) is 5.30. The molecule has 1 aromatic heterocycles. The minimum atomic E-state index is -1.53. The summed E-state index contributed by atoms with van der Waals surface area (Å²) in [5.41, 5.74) is 2.56. The fourth-order valence-corrected chi connectivity index (χ4v) is 6.23. The third-order valence-electron chi connectivity index (χ3n) is 7.97. The highest BCUT2D eigenvalue weighted by Crippen LogP contribution is 2.43. The van der Waals surface area contributed by atoms with E-state index < -0.39 is 23.3 Å². The lowest BCUT2D eigenvalue weighted by Gasteiger charge is -2.43. The Kier molecular flexibility index (Phi) is 7.90. The smallest absolute Gasteiger partial charge is 0.135 e. The van der Waals surface area contributed by atoms with Gasteiger partial charge >= 0.3 is 0 Å². The molecule has 3 nitrogen and oxygen atoms in total. The summed E-state index contributed by atoms with van der Waals surface area (Å²) in [6, 6.07) is 9.56. The highest BCUT2D eigenvalue weighted by Gasteiger charge is 2.41. The molecule has 1 aliphatic heterocycles. The molecule has 0 spiro atoms. The van der Waals surface area contributed by atoms with Gasteiger partial charge in [-0.25, -0.2) is 13.2 Å². The van der Waals surface area contributed by atoms with E-state index in [4.69, 9.17) is 4.74 Å². The second-order valence-electron chi connectivity index (χ2n) is 11.6. The third-order valence-corrected chi connectivity index (χ3v) is 7.97. The van der Waals surface area contributed by atoms with E-state index in [1.165, 1.54) is 57.2 Å². The number of rotatable bonds is 7. The number of hydrogen-bond donors (Lipinski definition) is 1. The molecule has 2 aliphatic rings. The van der Waals surface area contributed by atoms with Gasteiger partial charge in [0.25, 0.3) is 0 Å².